The van der Waals surface area contributed by atoms with Gasteiger partial charge in [-0.15, -0.1) is 11.3 Å². The Bertz CT molecular complexity index is 683. The van der Waals surface area contributed by atoms with Gasteiger partial charge in [-0.05, 0) is 12.1 Å². The van der Waals surface area contributed by atoms with E-state index in [0.29, 0.717) is 12.2 Å². The molecule has 24 heavy (non-hydrogen) atoms. The third-order valence-electron chi connectivity index (χ3n) is 3.89. The smallest absolute Gasteiger partial charge is 0.270 e. The zero-order chi connectivity index (χ0) is 16.8. The van der Waals surface area contributed by atoms with E-state index in [4.69, 9.17) is 9.47 Å². The number of benzene rings is 1. The second-order valence-corrected chi connectivity index (χ2v) is 6.31. The van der Waals surface area contributed by atoms with E-state index in [1.807, 2.05) is 24.3 Å². The summed E-state index contributed by atoms with van der Waals surface area (Å²) in [5.41, 5.74) is 1.35. The van der Waals surface area contributed by atoms with Crippen LogP contribution >= 0.6 is 11.3 Å². The van der Waals surface area contributed by atoms with Gasteiger partial charge >= 0.3 is 0 Å². The van der Waals surface area contributed by atoms with Gasteiger partial charge in [-0.2, -0.15) is 0 Å². The number of aromatic nitrogens is 1. The van der Waals surface area contributed by atoms with Crippen LogP contribution in [0.25, 0.3) is 10.6 Å². The lowest BCUT2D eigenvalue weighted by Crippen LogP contribution is -2.41. The molecule has 1 aromatic carbocycles. The lowest BCUT2D eigenvalue weighted by molar-refractivity contribution is 0.0383. The highest BCUT2D eigenvalue weighted by Gasteiger charge is 2.15. The van der Waals surface area contributed by atoms with Crippen molar-refractivity contribution in [2.75, 3.05) is 46.5 Å². The summed E-state index contributed by atoms with van der Waals surface area (Å²) in [7, 11) is 1.63. The van der Waals surface area contributed by atoms with E-state index in [1.54, 1.807) is 12.5 Å². The van der Waals surface area contributed by atoms with Crippen molar-refractivity contribution in [1.29, 1.82) is 0 Å². The molecule has 6 nitrogen and oxygen atoms in total. The number of carbonyl (C=O) groups is 1. The fourth-order valence-corrected chi connectivity index (χ4v) is 3.40. The van der Waals surface area contributed by atoms with E-state index in [2.05, 4.69) is 15.2 Å². The Morgan fingerprint density at radius 3 is 2.96 bits per heavy atom. The Morgan fingerprint density at radius 2 is 2.17 bits per heavy atom. The number of nitrogens with one attached hydrogen (secondary N) is 1. The van der Waals surface area contributed by atoms with Crippen LogP contribution in [0.1, 0.15) is 10.5 Å². The summed E-state index contributed by atoms with van der Waals surface area (Å²) in [6, 6.07) is 7.67. The third-order valence-corrected chi connectivity index (χ3v) is 4.77. The van der Waals surface area contributed by atoms with E-state index in [0.717, 1.165) is 49.2 Å². The van der Waals surface area contributed by atoms with Crippen LogP contribution < -0.4 is 10.1 Å². The van der Waals surface area contributed by atoms with Gasteiger partial charge in [-0.3, -0.25) is 9.69 Å². The summed E-state index contributed by atoms with van der Waals surface area (Å²) in [4.78, 5) is 19.0. The number of methoxy groups -OCH3 is 1. The quantitative estimate of drug-likeness (QED) is 0.864. The van der Waals surface area contributed by atoms with Gasteiger partial charge in [0.2, 0.25) is 0 Å². The normalized spacial score (nSPS) is 15.2. The minimum Gasteiger partial charge on any atom is -0.496 e. The molecule has 1 aliphatic rings. The average molecular weight is 347 g/mol. The summed E-state index contributed by atoms with van der Waals surface area (Å²) in [5.74, 6) is 0.617. The van der Waals surface area contributed by atoms with Crippen molar-refractivity contribution in [3.63, 3.8) is 0 Å². The van der Waals surface area contributed by atoms with Gasteiger partial charge in [-0.25, -0.2) is 4.98 Å². The second kappa shape index (κ2) is 8.23. The van der Waals surface area contributed by atoms with Crippen LogP contribution in [0.5, 0.6) is 5.75 Å². The van der Waals surface area contributed by atoms with Crippen LogP contribution in [0.15, 0.2) is 29.6 Å². The minimum atomic E-state index is -0.138. The molecule has 128 valence electrons. The average Bonchev–Trinajstić information content (AvgIpc) is 3.12. The molecule has 0 bridgehead atoms. The molecule has 7 heteroatoms. The molecular formula is C17H21N3O3S. The zero-order valence-corrected chi connectivity index (χ0v) is 14.5. The molecule has 1 aliphatic heterocycles. The fourth-order valence-electron chi connectivity index (χ4n) is 2.57. The molecule has 1 saturated heterocycles. The first-order chi connectivity index (χ1) is 11.8. The van der Waals surface area contributed by atoms with Gasteiger partial charge in [0.05, 0.1) is 25.9 Å². The van der Waals surface area contributed by atoms with Gasteiger partial charge in [0.15, 0.2) is 0 Å². The highest BCUT2D eigenvalue weighted by atomic mass is 32.1. The molecule has 0 atom stereocenters. The standard InChI is InChI=1S/C17H21N3O3S/c1-22-15-5-3-2-4-13(15)17-19-14(12-24-17)16(21)18-6-7-20-8-10-23-11-9-20/h2-5,12H,6-11H2,1H3,(H,18,21). The predicted octanol–water partition coefficient (Wildman–Crippen LogP) is 1.88. The molecule has 0 saturated carbocycles. The van der Waals surface area contributed by atoms with Gasteiger partial charge < -0.3 is 14.8 Å². The topological polar surface area (TPSA) is 63.7 Å². The molecule has 0 aliphatic carbocycles. The van der Waals surface area contributed by atoms with E-state index in [9.17, 15) is 4.79 Å². The number of nitrogens with zero attached hydrogens (tertiary/aromatic N) is 2. The molecule has 0 unspecified atom stereocenters. The van der Waals surface area contributed by atoms with Crippen LogP contribution in [-0.4, -0.2) is 62.3 Å². The maximum absolute atomic E-state index is 12.2. The Kier molecular flexibility index (Phi) is 5.79. The largest absolute Gasteiger partial charge is 0.496 e. The molecule has 2 aromatic rings. The molecule has 3 rings (SSSR count). The zero-order valence-electron chi connectivity index (χ0n) is 13.7. The molecule has 0 radical (unpaired) electrons. The Morgan fingerprint density at radius 1 is 1.38 bits per heavy atom. The number of hydrogen-bond acceptors (Lipinski definition) is 6. The summed E-state index contributed by atoms with van der Waals surface area (Å²) in [6.45, 7) is 4.82. The van der Waals surface area contributed by atoms with E-state index in [1.165, 1.54) is 11.3 Å². The summed E-state index contributed by atoms with van der Waals surface area (Å²) < 4.78 is 10.7. The summed E-state index contributed by atoms with van der Waals surface area (Å²) in [5, 5.41) is 5.50. The molecular weight excluding hydrogens is 326 g/mol. The lowest BCUT2D eigenvalue weighted by Gasteiger charge is -2.26. The molecule has 2 heterocycles. The van der Waals surface area contributed by atoms with Crippen LogP contribution in [-0.2, 0) is 4.74 Å². The number of carbonyl (C=O) groups excluding carboxylic acids is 1. The molecule has 1 amide bonds. The number of rotatable bonds is 6. The van der Waals surface area contributed by atoms with Gasteiger partial charge in [0, 0.05) is 31.6 Å². The first kappa shape index (κ1) is 16.9. The number of thiazole rings is 1. The van der Waals surface area contributed by atoms with E-state index < -0.39 is 0 Å². The van der Waals surface area contributed by atoms with Crippen molar-refractivity contribution >= 4 is 17.2 Å². The number of hydrogen-bond donors (Lipinski definition) is 1. The minimum absolute atomic E-state index is 0.138. The molecule has 0 spiro atoms. The van der Waals surface area contributed by atoms with E-state index in [-0.39, 0.29) is 5.91 Å². The van der Waals surface area contributed by atoms with Gasteiger partial charge in [0.25, 0.3) is 5.91 Å². The second-order valence-electron chi connectivity index (χ2n) is 5.45. The first-order valence-corrected chi connectivity index (χ1v) is 8.83. The maximum atomic E-state index is 12.2. The van der Waals surface area contributed by atoms with E-state index >= 15 is 0 Å². The SMILES string of the molecule is COc1ccccc1-c1nc(C(=O)NCCN2CCOCC2)cs1. The highest BCUT2D eigenvalue weighted by Crippen LogP contribution is 2.31. The van der Waals surface area contributed by atoms with Crippen LogP contribution in [0.3, 0.4) is 0 Å². The van der Waals surface area contributed by atoms with Crippen molar-refractivity contribution in [3.8, 4) is 16.3 Å². The monoisotopic (exact) mass is 347 g/mol. The Balaban J connectivity index is 1.57. The number of para-hydroxylation sites is 1. The molecule has 1 fully saturated rings. The number of morpholine rings is 1. The van der Waals surface area contributed by atoms with Crippen molar-refractivity contribution in [3.05, 3.63) is 35.3 Å². The van der Waals surface area contributed by atoms with Crippen molar-refractivity contribution in [2.45, 2.75) is 0 Å². The van der Waals surface area contributed by atoms with Crippen LogP contribution in [0.2, 0.25) is 0 Å². The van der Waals surface area contributed by atoms with Crippen LogP contribution in [0, 0.1) is 0 Å². The lowest BCUT2D eigenvalue weighted by atomic mass is 10.2. The maximum Gasteiger partial charge on any atom is 0.270 e. The summed E-state index contributed by atoms with van der Waals surface area (Å²) in [6.07, 6.45) is 0. The number of amides is 1. The van der Waals surface area contributed by atoms with Gasteiger partial charge in [0.1, 0.15) is 16.5 Å². The van der Waals surface area contributed by atoms with Gasteiger partial charge in [-0.1, -0.05) is 12.1 Å². The van der Waals surface area contributed by atoms with Crippen molar-refractivity contribution < 1.29 is 14.3 Å². The third kappa shape index (κ3) is 4.11. The number of ether oxygens (including phenoxy) is 2. The predicted molar refractivity (Wildman–Crippen MR) is 93.7 cm³/mol. The van der Waals surface area contributed by atoms with Crippen molar-refractivity contribution in [2.24, 2.45) is 0 Å². The van der Waals surface area contributed by atoms with Crippen LogP contribution in [0.4, 0.5) is 0 Å². The first-order valence-electron chi connectivity index (χ1n) is 7.95. The van der Waals surface area contributed by atoms with Crippen molar-refractivity contribution in [1.82, 2.24) is 15.2 Å². The summed E-state index contributed by atoms with van der Waals surface area (Å²) >= 11 is 1.44. The molecule has 1 N–H and O–H groups in total. The molecule has 1 aromatic heterocycles. The highest BCUT2D eigenvalue weighted by molar-refractivity contribution is 7.13. The Labute approximate surface area is 145 Å². The fraction of sp³-hybridized carbons (Fsp3) is 0.412. The Hall–Kier alpha value is -1.96.